The van der Waals surface area contributed by atoms with E-state index in [-0.39, 0.29) is 12.1 Å². The fourth-order valence-corrected chi connectivity index (χ4v) is 1.54. The van der Waals surface area contributed by atoms with Crippen LogP contribution in [-0.2, 0) is 20.7 Å². The summed E-state index contributed by atoms with van der Waals surface area (Å²) in [6.45, 7) is 4.83. The van der Waals surface area contributed by atoms with Crippen LogP contribution in [0.1, 0.15) is 17.5 Å². The molecule has 17 heavy (non-hydrogen) atoms. The van der Waals surface area contributed by atoms with Crippen LogP contribution in [0.2, 0.25) is 0 Å². The highest BCUT2D eigenvalue weighted by atomic mass is 16.6. The van der Waals surface area contributed by atoms with E-state index in [1.54, 1.807) is 6.08 Å². The van der Waals surface area contributed by atoms with E-state index in [4.69, 9.17) is 9.47 Å². The molecule has 0 aliphatic carbocycles. The van der Waals surface area contributed by atoms with Gasteiger partial charge < -0.3 is 9.47 Å². The Bertz CT molecular complexity index is 408. The van der Waals surface area contributed by atoms with Gasteiger partial charge in [0, 0.05) is 6.42 Å². The molecule has 2 rings (SSSR count). The van der Waals surface area contributed by atoms with Crippen molar-refractivity contribution in [1.82, 2.24) is 0 Å². The number of ether oxygens (including phenoxy) is 2. The minimum absolute atomic E-state index is 0.142. The van der Waals surface area contributed by atoms with E-state index in [0.29, 0.717) is 26.1 Å². The fourth-order valence-electron chi connectivity index (χ4n) is 1.54. The van der Waals surface area contributed by atoms with Gasteiger partial charge in [-0.1, -0.05) is 36.9 Å². The maximum absolute atomic E-state index is 11.4. The normalized spacial score (nSPS) is 17.5. The van der Waals surface area contributed by atoms with Crippen molar-refractivity contribution in [3.05, 3.63) is 42.0 Å². The molecule has 0 radical (unpaired) electrons. The lowest BCUT2D eigenvalue weighted by Gasteiger charge is -2.04. The summed E-state index contributed by atoms with van der Waals surface area (Å²) < 4.78 is 10.0. The van der Waals surface area contributed by atoms with Crippen molar-refractivity contribution >= 4 is 12.0 Å². The molecule has 1 aliphatic rings. The Hall–Kier alpha value is -1.61. The van der Waals surface area contributed by atoms with Crippen LogP contribution in [0, 0.1) is 0 Å². The Morgan fingerprint density at radius 2 is 2.41 bits per heavy atom. The summed E-state index contributed by atoms with van der Waals surface area (Å²) in [6.07, 6.45) is 3.05. The molecule has 1 aromatic rings. The molecule has 3 nitrogen and oxygen atoms in total. The zero-order chi connectivity index (χ0) is 12.1. The molecule has 0 aromatic heterocycles. The van der Waals surface area contributed by atoms with Gasteiger partial charge >= 0.3 is 5.97 Å². The minimum atomic E-state index is -0.162. The maximum atomic E-state index is 11.4. The summed E-state index contributed by atoms with van der Waals surface area (Å²) in [4.78, 5) is 11.4. The Morgan fingerprint density at radius 3 is 3.12 bits per heavy atom. The minimum Gasteiger partial charge on any atom is -0.463 e. The smallest absolute Gasteiger partial charge is 0.306 e. The van der Waals surface area contributed by atoms with Gasteiger partial charge in [0.15, 0.2) is 0 Å². The molecule has 1 saturated heterocycles. The second kappa shape index (κ2) is 5.64. The third-order valence-corrected chi connectivity index (χ3v) is 2.64. The van der Waals surface area contributed by atoms with Crippen LogP contribution in [0.15, 0.2) is 30.8 Å². The van der Waals surface area contributed by atoms with Gasteiger partial charge in [0.1, 0.15) is 12.7 Å². The summed E-state index contributed by atoms with van der Waals surface area (Å²) in [6, 6.07) is 7.99. The first-order valence-electron chi connectivity index (χ1n) is 5.76. The molecule has 0 N–H and O–H groups in total. The Morgan fingerprint density at radius 1 is 1.59 bits per heavy atom. The van der Waals surface area contributed by atoms with E-state index < -0.39 is 0 Å². The average molecular weight is 232 g/mol. The molecule has 1 heterocycles. The van der Waals surface area contributed by atoms with E-state index >= 15 is 0 Å². The number of epoxide rings is 1. The molecule has 90 valence electrons. The van der Waals surface area contributed by atoms with Crippen molar-refractivity contribution < 1.29 is 14.3 Å². The predicted molar refractivity (Wildman–Crippen MR) is 65.6 cm³/mol. The van der Waals surface area contributed by atoms with Gasteiger partial charge in [-0.05, 0) is 17.5 Å². The number of aryl methyl sites for hydroxylation is 1. The average Bonchev–Trinajstić information content (AvgIpc) is 3.18. The fraction of sp³-hybridized carbons (Fsp3) is 0.357. The second-order valence-electron chi connectivity index (χ2n) is 4.09. The van der Waals surface area contributed by atoms with Crippen molar-refractivity contribution in [2.75, 3.05) is 13.2 Å². The molecule has 1 aliphatic heterocycles. The number of hydrogen-bond acceptors (Lipinski definition) is 3. The number of carbonyl (C=O) groups is 1. The van der Waals surface area contributed by atoms with Crippen LogP contribution in [0.25, 0.3) is 6.08 Å². The van der Waals surface area contributed by atoms with Crippen molar-refractivity contribution in [3.63, 3.8) is 0 Å². The van der Waals surface area contributed by atoms with E-state index in [1.807, 2.05) is 24.3 Å². The van der Waals surface area contributed by atoms with Crippen molar-refractivity contribution in [2.24, 2.45) is 0 Å². The summed E-state index contributed by atoms with van der Waals surface area (Å²) in [5.41, 5.74) is 2.20. The van der Waals surface area contributed by atoms with Crippen molar-refractivity contribution in [2.45, 2.75) is 18.9 Å². The largest absolute Gasteiger partial charge is 0.463 e. The van der Waals surface area contributed by atoms with Gasteiger partial charge in [-0.25, -0.2) is 0 Å². The molecular weight excluding hydrogens is 216 g/mol. The standard InChI is InChI=1S/C14H16O3/c1-2-11-4-3-5-12(8-11)6-7-14(15)17-10-13-9-16-13/h2-5,8,13H,1,6-7,9-10H2. The molecule has 0 bridgehead atoms. The van der Waals surface area contributed by atoms with Gasteiger partial charge in [-0.2, -0.15) is 0 Å². The summed E-state index contributed by atoms with van der Waals surface area (Å²) in [7, 11) is 0. The van der Waals surface area contributed by atoms with Crippen molar-refractivity contribution in [1.29, 1.82) is 0 Å². The molecule has 1 unspecified atom stereocenters. The van der Waals surface area contributed by atoms with Crippen LogP contribution in [-0.4, -0.2) is 25.3 Å². The van der Waals surface area contributed by atoms with Crippen LogP contribution in [0.4, 0.5) is 0 Å². The predicted octanol–water partition coefficient (Wildman–Crippen LogP) is 2.20. The van der Waals surface area contributed by atoms with E-state index in [1.165, 1.54) is 0 Å². The molecular formula is C14H16O3. The second-order valence-corrected chi connectivity index (χ2v) is 4.09. The lowest BCUT2D eigenvalue weighted by Crippen LogP contribution is -2.10. The molecule has 3 heteroatoms. The highest BCUT2D eigenvalue weighted by Gasteiger charge is 2.23. The summed E-state index contributed by atoms with van der Waals surface area (Å²) >= 11 is 0. The van der Waals surface area contributed by atoms with Gasteiger partial charge in [0.25, 0.3) is 0 Å². The highest BCUT2D eigenvalue weighted by molar-refractivity contribution is 5.69. The van der Waals surface area contributed by atoms with Crippen LogP contribution in [0.3, 0.4) is 0 Å². The van der Waals surface area contributed by atoms with Gasteiger partial charge in [0.2, 0.25) is 0 Å². The Kier molecular flexibility index (Phi) is 3.94. The zero-order valence-electron chi connectivity index (χ0n) is 9.72. The molecule has 1 fully saturated rings. The van der Waals surface area contributed by atoms with E-state index in [0.717, 1.165) is 11.1 Å². The zero-order valence-corrected chi connectivity index (χ0v) is 9.72. The van der Waals surface area contributed by atoms with Crippen LogP contribution < -0.4 is 0 Å². The highest BCUT2D eigenvalue weighted by Crippen LogP contribution is 2.11. The van der Waals surface area contributed by atoms with Gasteiger partial charge in [0.05, 0.1) is 6.61 Å². The van der Waals surface area contributed by atoms with Gasteiger partial charge in [-0.3, -0.25) is 4.79 Å². The first-order valence-corrected chi connectivity index (χ1v) is 5.76. The molecule has 0 saturated carbocycles. The number of benzene rings is 1. The van der Waals surface area contributed by atoms with Gasteiger partial charge in [-0.15, -0.1) is 0 Å². The van der Waals surface area contributed by atoms with E-state index in [9.17, 15) is 4.79 Å². The lowest BCUT2D eigenvalue weighted by atomic mass is 10.1. The monoisotopic (exact) mass is 232 g/mol. The van der Waals surface area contributed by atoms with Crippen molar-refractivity contribution in [3.8, 4) is 0 Å². The third-order valence-electron chi connectivity index (χ3n) is 2.64. The Labute approximate surface area is 101 Å². The third kappa shape index (κ3) is 4.04. The SMILES string of the molecule is C=Cc1cccc(CCC(=O)OCC2CO2)c1. The maximum Gasteiger partial charge on any atom is 0.306 e. The number of carbonyl (C=O) groups excluding carboxylic acids is 1. The quantitative estimate of drug-likeness (QED) is 0.557. The summed E-state index contributed by atoms with van der Waals surface area (Å²) in [5.74, 6) is -0.162. The van der Waals surface area contributed by atoms with E-state index in [2.05, 4.69) is 6.58 Å². The molecule has 1 atom stereocenters. The van der Waals surface area contributed by atoms with Crippen LogP contribution in [0.5, 0.6) is 0 Å². The summed E-state index contributed by atoms with van der Waals surface area (Å²) in [5, 5.41) is 0. The molecule has 0 amide bonds. The number of rotatable bonds is 6. The topological polar surface area (TPSA) is 38.8 Å². The molecule has 1 aromatic carbocycles. The first-order chi connectivity index (χ1) is 8.28. The molecule has 0 spiro atoms. The lowest BCUT2D eigenvalue weighted by molar-refractivity contribution is -0.144. The number of esters is 1. The Balaban J connectivity index is 1.75. The number of hydrogen-bond donors (Lipinski definition) is 0. The first kappa shape index (κ1) is 11.9. The van der Waals surface area contributed by atoms with Crippen LogP contribution >= 0.6 is 0 Å².